The summed E-state index contributed by atoms with van der Waals surface area (Å²) in [6.45, 7) is 0. The predicted molar refractivity (Wildman–Crippen MR) is 93.4 cm³/mol. The summed E-state index contributed by atoms with van der Waals surface area (Å²) in [5, 5.41) is 16.5. The topological polar surface area (TPSA) is 66.9 Å². The van der Waals surface area contributed by atoms with Crippen LogP contribution < -0.4 is 10.6 Å². The Bertz CT molecular complexity index is 773. The normalized spacial score (nSPS) is 10.3. The zero-order valence-electron chi connectivity index (χ0n) is 12.0. The molecule has 0 fully saturated rings. The van der Waals surface area contributed by atoms with Crippen molar-refractivity contribution >= 4 is 46.2 Å². The van der Waals surface area contributed by atoms with Gasteiger partial charge in [0.2, 0.25) is 5.91 Å². The van der Waals surface area contributed by atoms with E-state index in [4.69, 9.17) is 11.6 Å². The summed E-state index contributed by atoms with van der Waals surface area (Å²) in [4.78, 5) is 12.9. The molecular weight excluding hydrogens is 332 g/mol. The van der Waals surface area contributed by atoms with Crippen LogP contribution in [-0.2, 0) is 11.2 Å². The number of hydrogen-bond donors (Lipinski definition) is 2. The van der Waals surface area contributed by atoms with Crippen LogP contribution in [0.25, 0.3) is 0 Å². The van der Waals surface area contributed by atoms with Gasteiger partial charge in [0, 0.05) is 15.6 Å². The molecule has 0 saturated carbocycles. The van der Waals surface area contributed by atoms with Gasteiger partial charge in [-0.2, -0.15) is 0 Å². The lowest BCUT2D eigenvalue weighted by molar-refractivity contribution is -0.115. The number of carbonyl (C=O) groups is 1. The van der Waals surface area contributed by atoms with Crippen LogP contribution in [0.5, 0.6) is 0 Å². The van der Waals surface area contributed by atoms with Crippen LogP contribution in [0.15, 0.2) is 53.9 Å². The Balaban J connectivity index is 1.58. The largest absolute Gasteiger partial charge is 0.339 e. The molecule has 3 rings (SSSR count). The van der Waals surface area contributed by atoms with Gasteiger partial charge in [0.15, 0.2) is 11.6 Å². The standard InChI is InChI=1S/C16H13ClN4OS/c17-11-3-5-12(6-4-11)18-14-7-8-15(21-20-14)19-16(22)10-13-2-1-9-23-13/h1-9H,10H2,(H,18,20)(H,19,21,22). The van der Waals surface area contributed by atoms with Gasteiger partial charge in [-0.05, 0) is 47.8 Å². The molecule has 0 aliphatic heterocycles. The third-order valence-corrected chi connectivity index (χ3v) is 4.09. The molecule has 1 aromatic carbocycles. The fourth-order valence-electron chi connectivity index (χ4n) is 1.91. The lowest BCUT2D eigenvalue weighted by Gasteiger charge is -2.06. The molecule has 0 unspecified atom stereocenters. The number of hydrogen-bond acceptors (Lipinski definition) is 5. The van der Waals surface area contributed by atoms with E-state index in [2.05, 4.69) is 20.8 Å². The number of nitrogens with zero attached hydrogens (tertiary/aromatic N) is 2. The molecule has 0 spiro atoms. The lowest BCUT2D eigenvalue weighted by Crippen LogP contribution is -2.15. The van der Waals surface area contributed by atoms with Crippen LogP contribution in [0.1, 0.15) is 4.88 Å². The first kappa shape index (κ1) is 15.5. The van der Waals surface area contributed by atoms with Crippen LogP contribution in [0.2, 0.25) is 5.02 Å². The quantitative estimate of drug-likeness (QED) is 0.730. The number of rotatable bonds is 5. The summed E-state index contributed by atoms with van der Waals surface area (Å²) in [7, 11) is 0. The van der Waals surface area contributed by atoms with Crippen LogP contribution in [0.4, 0.5) is 17.3 Å². The van der Waals surface area contributed by atoms with Crippen molar-refractivity contribution in [3.05, 3.63) is 63.8 Å². The Labute approximate surface area is 142 Å². The Morgan fingerprint density at radius 2 is 1.78 bits per heavy atom. The third-order valence-electron chi connectivity index (χ3n) is 2.96. The second-order valence-electron chi connectivity index (χ2n) is 4.74. The minimum atomic E-state index is -0.111. The molecule has 0 atom stereocenters. The average Bonchev–Trinajstić information content (AvgIpc) is 3.04. The van der Waals surface area contributed by atoms with Crippen LogP contribution in [0.3, 0.4) is 0 Å². The van der Waals surface area contributed by atoms with Crippen molar-refractivity contribution in [1.82, 2.24) is 10.2 Å². The molecule has 2 heterocycles. The second kappa shape index (κ2) is 7.21. The van der Waals surface area contributed by atoms with E-state index >= 15 is 0 Å². The van der Waals surface area contributed by atoms with Gasteiger partial charge in [-0.1, -0.05) is 17.7 Å². The molecule has 0 saturated heterocycles. The number of thiophene rings is 1. The predicted octanol–water partition coefficient (Wildman–Crippen LogP) is 4.12. The molecule has 5 nitrogen and oxygen atoms in total. The molecule has 0 aliphatic carbocycles. The number of anilines is 3. The van der Waals surface area contributed by atoms with E-state index in [-0.39, 0.29) is 5.91 Å². The van der Waals surface area contributed by atoms with Gasteiger partial charge in [0.1, 0.15) is 0 Å². The van der Waals surface area contributed by atoms with Gasteiger partial charge in [-0.15, -0.1) is 21.5 Å². The lowest BCUT2D eigenvalue weighted by atomic mass is 10.3. The average molecular weight is 345 g/mol. The minimum absolute atomic E-state index is 0.111. The number of amides is 1. The van der Waals surface area contributed by atoms with Gasteiger partial charge >= 0.3 is 0 Å². The molecule has 0 bridgehead atoms. The van der Waals surface area contributed by atoms with Crippen molar-refractivity contribution < 1.29 is 4.79 Å². The molecule has 1 amide bonds. The summed E-state index contributed by atoms with van der Waals surface area (Å²) < 4.78 is 0. The van der Waals surface area contributed by atoms with E-state index in [9.17, 15) is 4.79 Å². The monoisotopic (exact) mass is 344 g/mol. The van der Waals surface area contributed by atoms with Crippen molar-refractivity contribution in [3.63, 3.8) is 0 Å². The maximum absolute atomic E-state index is 11.9. The molecule has 3 aromatic rings. The summed E-state index contributed by atoms with van der Waals surface area (Å²) in [6.07, 6.45) is 0.337. The van der Waals surface area contributed by atoms with Gasteiger partial charge in [0.05, 0.1) is 6.42 Å². The molecule has 2 aromatic heterocycles. The molecular formula is C16H13ClN4OS. The van der Waals surface area contributed by atoms with Crippen molar-refractivity contribution in [1.29, 1.82) is 0 Å². The number of benzene rings is 1. The Kier molecular flexibility index (Phi) is 4.85. The van der Waals surface area contributed by atoms with E-state index in [0.29, 0.717) is 23.1 Å². The molecule has 2 N–H and O–H groups in total. The summed E-state index contributed by atoms with van der Waals surface area (Å²) in [6, 6.07) is 14.6. The zero-order chi connectivity index (χ0) is 16.1. The Morgan fingerprint density at radius 3 is 2.43 bits per heavy atom. The smallest absolute Gasteiger partial charge is 0.230 e. The highest BCUT2D eigenvalue weighted by Crippen LogP contribution is 2.18. The molecule has 7 heteroatoms. The Hall–Kier alpha value is -2.44. The van der Waals surface area contributed by atoms with Crippen molar-refractivity contribution in [2.45, 2.75) is 6.42 Å². The maximum Gasteiger partial charge on any atom is 0.230 e. The molecule has 116 valence electrons. The van der Waals surface area contributed by atoms with Crippen molar-refractivity contribution in [2.75, 3.05) is 10.6 Å². The van der Waals surface area contributed by atoms with Crippen molar-refractivity contribution in [2.24, 2.45) is 0 Å². The fourth-order valence-corrected chi connectivity index (χ4v) is 2.73. The van der Waals surface area contributed by atoms with Gasteiger partial charge in [0.25, 0.3) is 0 Å². The fraction of sp³-hybridized carbons (Fsp3) is 0.0625. The summed E-state index contributed by atoms with van der Waals surface area (Å²) >= 11 is 7.39. The third kappa shape index (κ3) is 4.51. The van der Waals surface area contributed by atoms with Gasteiger partial charge < -0.3 is 10.6 Å². The van der Waals surface area contributed by atoms with Crippen LogP contribution in [-0.4, -0.2) is 16.1 Å². The van der Waals surface area contributed by atoms with Gasteiger partial charge in [-0.25, -0.2) is 0 Å². The van der Waals surface area contributed by atoms with Crippen molar-refractivity contribution in [3.8, 4) is 0 Å². The second-order valence-corrected chi connectivity index (χ2v) is 6.21. The minimum Gasteiger partial charge on any atom is -0.339 e. The molecule has 0 radical (unpaired) electrons. The van der Waals surface area contributed by atoms with E-state index in [0.717, 1.165) is 10.6 Å². The van der Waals surface area contributed by atoms with E-state index in [1.807, 2.05) is 29.6 Å². The number of carbonyl (C=O) groups excluding carboxylic acids is 1. The van der Waals surface area contributed by atoms with E-state index < -0.39 is 0 Å². The highest BCUT2D eigenvalue weighted by atomic mass is 35.5. The summed E-state index contributed by atoms with van der Waals surface area (Å²) in [5.41, 5.74) is 0.859. The highest BCUT2D eigenvalue weighted by Gasteiger charge is 2.06. The number of aromatic nitrogens is 2. The highest BCUT2D eigenvalue weighted by molar-refractivity contribution is 7.10. The molecule has 0 aliphatic rings. The van der Waals surface area contributed by atoms with Crippen LogP contribution >= 0.6 is 22.9 Å². The van der Waals surface area contributed by atoms with Gasteiger partial charge in [-0.3, -0.25) is 4.79 Å². The van der Waals surface area contributed by atoms with Crippen LogP contribution in [0, 0.1) is 0 Å². The van der Waals surface area contributed by atoms with E-state index in [1.165, 1.54) is 0 Å². The number of nitrogens with one attached hydrogen (secondary N) is 2. The first-order valence-electron chi connectivity index (χ1n) is 6.87. The first-order valence-corrected chi connectivity index (χ1v) is 8.13. The SMILES string of the molecule is O=C(Cc1cccs1)Nc1ccc(Nc2ccc(Cl)cc2)nn1. The number of halogens is 1. The molecule has 23 heavy (non-hydrogen) atoms. The zero-order valence-corrected chi connectivity index (χ0v) is 13.6. The van der Waals surface area contributed by atoms with E-state index in [1.54, 1.807) is 35.6 Å². The summed E-state index contributed by atoms with van der Waals surface area (Å²) in [5.74, 6) is 0.900. The Morgan fingerprint density at radius 1 is 1.04 bits per heavy atom. The first-order chi connectivity index (χ1) is 11.2. The maximum atomic E-state index is 11.9.